The van der Waals surface area contributed by atoms with E-state index in [1.54, 1.807) is 0 Å². The maximum atomic E-state index is 5.20. The van der Waals surface area contributed by atoms with E-state index < -0.39 is 0 Å². The Morgan fingerprint density at radius 3 is 1.65 bits per heavy atom. The molecule has 0 atom stereocenters. The first-order chi connectivity index (χ1) is 16.6. The van der Waals surface area contributed by atoms with Crippen LogP contribution in [-0.4, -0.2) is 47.2 Å². The number of nitrogens with zero attached hydrogens (tertiary/aromatic N) is 3. The van der Waals surface area contributed by atoms with Crippen LogP contribution in [0, 0.1) is 35.5 Å². The highest BCUT2D eigenvalue weighted by Crippen LogP contribution is 2.58. The number of anilines is 3. The molecule has 0 amide bonds. The van der Waals surface area contributed by atoms with Crippen LogP contribution in [0.4, 0.5) is 17.6 Å². The smallest absolute Gasteiger partial charge is 0.227 e. The summed E-state index contributed by atoms with van der Waals surface area (Å²) in [6, 6.07) is 2.27. The largest absolute Gasteiger partial charge is 0.364 e. The molecule has 34 heavy (non-hydrogen) atoms. The molecule has 9 fully saturated rings. The molecule has 0 unspecified atom stereocenters. The Morgan fingerprint density at radius 2 is 1.15 bits per heavy atom. The topological polar surface area (TPSA) is 65.1 Å². The normalized spacial score (nSPS) is 46.2. The SMILES string of the molecule is c1c(NC23CC4CC(CC(C4)C2)C3)nc(NC23CC4CC(CC(C4)C2)C3)nc1N1CCNCC1. The third-order valence-corrected chi connectivity index (χ3v) is 11.0. The van der Waals surface area contributed by atoms with Crippen molar-refractivity contribution in [2.45, 2.75) is 88.1 Å². The second kappa shape index (κ2) is 7.47. The number of rotatable bonds is 5. The summed E-state index contributed by atoms with van der Waals surface area (Å²) < 4.78 is 0. The summed E-state index contributed by atoms with van der Waals surface area (Å²) in [5.41, 5.74) is 0.524. The molecule has 1 aromatic rings. The van der Waals surface area contributed by atoms with Gasteiger partial charge in [0.1, 0.15) is 11.6 Å². The van der Waals surface area contributed by atoms with Gasteiger partial charge in [-0.05, 0) is 113 Å². The summed E-state index contributed by atoms with van der Waals surface area (Å²) in [6.07, 6.45) is 16.9. The van der Waals surface area contributed by atoms with E-state index in [1.165, 1.54) is 77.0 Å². The van der Waals surface area contributed by atoms with E-state index in [1.807, 2.05) is 0 Å². The Morgan fingerprint density at radius 1 is 0.676 bits per heavy atom. The van der Waals surface area contributed by atoms with E-state index in [2.05, 4.69) is 26.9 Å². The molecule has 0 aromatic carbocycles. The van der Waals surface area contributed by atoms with Crippen molar-refractivity contribution >= 4 is 17.6 Å². The molecule has 1 aromatic heterocycles. The van der Waals surface area contributed by atoms with Gasteiger partial charge in [0, 0.05) is 43.3 Å². The van der Waals surface area contributed by atoms with Gasteiger partial charge in [-0.25, -0.2) is 0 Å². The lowest BCUT2D eigenvalue weighted by molar-refractivity contribution is 0.0101. The zero-order valence-corrected chi connectivity index (χ0v) is 20.7. The number of nitrogens with one attached hydrogen (secondary N) is 3. The highest BCUT2D eigenvalue weighted by molar-refractivity contribution is 5.56. The van der Waals surface area contributed by atoms with Crippen LogP contribution in [0.25, 0.3) is 0 Å². The van der Waals surface area contributed by atoms with Gasteiger partial charge in [0.15, 0.2) is 0 Å². The molecule has 6 nitrogen and oxygen atoms in total. The molecule has 0 radical (unpaired) electrons. The maximum Gasteiger partial charge on any atom is 0.227 e. The molecular formula is C28H42N6. The van der Waals surface area contributed by atoms with E-state index in [9.17, 15) is 0 Å². The highest BCUT2D eigenvalue weighted by atomic mass is 15.3. The number of aromatic nitrogens is 2. The summed E-state index contributed by atoms with van der Waals surface area (Å²) in [6.45, 7) is 4.15. The lowest BCUT2D eigenvalue weighted by Gasteiger charge is -2.57. The van der Waals surface area contributed by atoms with E-state index in [0.717, 1.165) is 79.3 Å². The van der Waals surface area contributed by atoms with E-state index in [4.69, 9.17) is 9.97 Å². The first-order valence-corrected chi connectivity index (χ1v) is 14.5. The van der Waals surface area contributed by atoms with Crippen LogP contribution in [0.1, 0.15) is 77.0 Å². The fraction of sp³-hybridized carbons (Fsp3) is 0.857. The summed E-state index contributed by atoms with van der Waals surface area (Å²) in [7, 11) is 0. The van der Waals surface area contributed by atoms with Gasteiger partial charge < -0.3 is 20.9 Å². The van der Waals surface area contributed by atoms with Crippen LogP contribution < -0.4 is 20.9 Å². The molecule has 3 N–H and O–H groups in total. The molecule has 1 aliphatic heterocycles. The first kappa shape index (κ1) is 20.6. The highest BCUT2D eigenvalue weighted by Gasteiger charge is 2.52. The average molecular weight is 463 g/mol. The predicted molar refractivity (Wildman–Crippen MR) is 136 cm³/mol. The van der Waals surface area contributed by atoms with Gasteiger partial charge >= 0.3 is 0 Å². The number of piperazine rings is 1. The minimum atomic E-state index is 0.245. The third-order valence-electron chi connectivity index (χ3n) is 11.0. The van der Waals surface area contributed by atoms with Gasteiger partial charge in [-0.1, -0.05) is 0 Å². The van der Waals surface area contributed by atoms with Crippen molar-refractivity contribution in [3.63, 3.8) is 0 Å². The number of hydrogen-bond donors (Lipinski definition) is 3. The molecule has 8 aliphatic carbocycles. The summed E-state index contributed by atoms with van der Waals surface area (Å²) in [5.74, 6) is 8.71. The van der Waals surface area contributed by atoms with Crippen molar-refractivity contribution in [1.29, 1.82) is 0 Å². The van der Waals surface area contributed by atoms with Gasteiger partial charge in [-0.2, -0.15) is 9.97 Å². The fourth-order valence-electron chi connectivity index (χ4n) is 10.6. The molecular weight excluding hydrogens is 420 g/mol. The molecule has 1 saturated heterocycles. The van der Waals surface area contributed by atoms with Crippen LogP contribution >= 0.6 is 0 Å². The van der Waals surface area contributed by atoms with E-state index in [-0.39, 0.29) is 11.1 Å². The Kier molecular flexibility index (Phi) is 4.53. The Bertz CT molecular complexity index is 817. The lowest BCUT2D eigenvalue weighted by Crippen LogP contribution is -2.55. The van der Waals surface area contributed by atoms with Gasteiger partial charge in [-0.15, -0.1) is 0 Å². The second-order valence-corrected chi connectivity index (χ2v) is 13.8. The summed E-state index contributed by atoms with van der Waals surface area (Å²) in [4.78, 5) is 12.8. The summed E-state index contributed by atoms with van der Waals surface area (Å²) in [5, 5.41) is 11.6. The van der Waals surface area contributed by atoms with Gasteiger partial charge in [0.05, 0.1) is 0 Å². The first-order valence-electron chi connectivity index (χ1n) is 14.5. The lowest BCUT2D eigenvalue weighted by atomic mass is 9.53. The van der Waals surface area contributed by atoms with Crippen molar-refractivity contribution in [3.8, 4) is 0 Å². The Labute approximate surface area is 204 Å². The van der Waals surface area contributed by atoms with Crippen molar-refractivity contribution < 1.29 is 0 Å². The Balaban J connectivity index is 1.11. The molecule has 9 aliphatic rings. The van der Waals surface area contributed by atoms with Crippen LogP contribution in [0.5, 0.6) is 0 Å². The third kappa shape index (κ3) is 3.53. The molecule has 10 rings (SSSR count). The van der Waals surface area contributed by atoms with Crippen LogP contribution in [0.3, 0.4) is 0 Å². The Hall–Kier alpha value is -1.56. The standard InChI is InChI=1S/C28H42N6/c1-3-34(4-2-29-1)25-11-24(32-27-12-18-5-19(13-27)7-20(6-18)14-27)30-26(31-25)33-28-15-21-8-22(16-28)10-23(9-21)17-28/h11,18-23,29H,1-10,12-17H2,(H2,30,31,32,33). The molecule has 6 heteroatoms. The zero-order chi connectivity index (χ0) is 22.3. The quantitative estimate of drug-likeness (QED) is 0.592. The van der Waals surface area contributed by atoms with Gasteiger partial charge in [-0.3, -0.25) is 0 Å². The van der Waals surface area contributed by atoms with Gasteiger partial charge in [0.2, 0.25) is 5.95 Å². The van der Waals surface area contributed by atoms with Crippen molar-refractivity contribution in [1.82, 2.24) is 15.3 Å². The van der Waals surface area contributed by atoms with E-state index in [0.29, 0.717) is 0 Å². The van der Waals surface area contributed by atoms with Crippen LogP contribution in [-0.2, 0) is 0 Å². The van der Waals surface area contributed by atoms with Crippen molar-refractivity contribution in [3.05, 3.63) is 6.07 Å². The monoisotopic (exact) mass is 462 g/mol. The second-order valence-electron chi connectivity index (χ2n) is 13.8. The average Bonchev–Trinajstić information content (AvgIpc) is 2.77. The van der Waals surface area contributed by atoms with Crippen molar-refractivity contribution in [2.75, 3.05) is 41.7 Å². The fourth-order valence-corrected chi connectivity index (χ4v) is 10.6. The minimum Gasteiger partial charge on any atom is -0.364 e. The van der Waals surface area contributed by atoms with Crippen LogP contribution in [0.15, 0.2) is 6.07 Å². The number of hydrogen-bond acceptors (Lipinski definition) is 6. The van der Waals surface area contributed by atoms with Crippen molar-refractivity contribution in [2.24, 2.45) is 35.5 Å². The molecule has 2 heterocycles. The molecule has 8 bridgehead atoms. The molecule has 0 spiro atoms. The van der Waals surface area contributed by atoms with Crippen LogP contribution in [0.2, 0.25) is 0 Å². The maximum absolute atomic E-state index is 5.20. The van der Waals surface area contributed by atoms with Gasteiger partial charge in [0.25, 0.3) is 0 Å². The minimum absolute atomic E-state index is 0.245. The predicted octanol–water partition coefficient (Wildman–Crippen LogP) is 4.65. The van der Waals surface area contributed by atoms with E-state index >= 15 is 0 Å². The zero-order valence-electron chi connectivity index (χ0n) is 20.7. The molecule has 8 saturated carbocycles. The summed E-state index contributed by atoms with van der Waals surface area (Å²) >= 11 is 0. The molecule has 184 valence electrons.